The summed E-state index contributed by atoms with van der Waals surface area (Å²) in [6.07, 6.45) is 0. The van der Waals surface area contributed by atoms with Crippen LogP contribution in [-0.2, 0) is 4.74 Å². The number of thiazole rings is 1. The fourth-order valence-corrected chi connectivity index (χ4v) is 3.59. The Bertz CT molecular complexity index is 583. The third kappa shape index (κ3) is 3.40. The zero-order chi connectivity index (χ0) is 13.8. The van der Waals surface area contributed by atoms with Crippen molar-refractivity contribution >= 4 is 40.7 Å². The fraction of sp³-hybridized carbons (Fsp3) is 0.167. The smallest absolute Gasteiger partial charge is 0.351 e. The molecule has 0 atom stereocenters. The predicted octanol–water partition coefficient (Wildman–Crippen LogP) is 3.74. The van der Waals surface area contributed by atoms with Crippen LogP contribution in [0, 0.1) is 0 Å². The molecule has 0 aliphatic heterocycles. The Labute approximate surface area is 123 Å². The monoisotopic (exact) mass is 315 g/mol. The quantitative estimate of drug-likeness (QED) is 0.804. The molecule has 1 aromatic carbocycles. The number of benzene rings is 1. The van der Waals surface area contributed by atoms with E-state index in [1.54, 1.807) is 7.11 Å². The Morgan fingerprint density at radius 1 is 1.32 bits per heavy atom. The van der Waals surface area contributed by atoms with Crippen molar-refractivity contribution in [1.82, 2.24) is 4.98 Å². The lowest BCUT2D eigenvalue weighted by Crippen LogP contribution is -1.98. The number of hydrogen-bond acceptors (Lipinski definition) is 6. The molecule has 0 saturated carbocycles. The summed E-state index contributed by atoms with van der Waals surface area (Å²) in [4.78, 5) is 16.9. The van der Waals surface area contributed by atoms with E-state index in [0.717, 1.165) is 10.6 Å². The number of halogens is 1. The number of carbonyl (C=O) groups is 1. The molecular weight excluding hydrogens is 306 g/mol. The van der Waals surface area contributed by atoms with Gasteiger partial charge < -0.3 is 9.47 Å². The minimum atomic E-state index is -0.468. The van der Waals surface area contributed by atoms with Crippen LogP contribution in [0.1, 0.15) is 9.67 Å². The summed E-state index contributed by atoms with van der Waals surface area (Å²) in [6, 6.07) is 7.55. The first-order valence-corrected chi connectivity index (χ1v) is 7.21. The van der Waals surface area contributed by atoms with Gasteiger partial charge in [0.15, 0.2) is 14.4 Å². The zero-order valence-electron chi connectivity index (χ0n) is 10.2. The molecule has 4 nitrogen and oxygen atoms in total. The van der Waals surface area contributed by atoms with Crippen molar-refractivity contribution in [3.05, 3.63) is 34.3 Å². The Balaban J connectivity index is 2.16. The largest absolute Gasteiger partial charge is 0.497 e. The lowest BCUT2D eigenvalue weighted by atomic mass is 10.3. The summed E-state index contributed by atoms with van der Waals surface area (Å²) >= 11 is 8.54. The van der Waals surface area contributed by atoms with Crippen LogP contribution in [0.25, 0.3) is 0 Å². The Morgan fingerprint density at radius 3 is 2.58 bits per heavy atom. The van der Waals surface area contributed by atoms with E-state index in [9.17, 15) is 4.79 Å². The highest BCUT2D eigenvalue weighted by Crippen LogP contribution is 2.35. The van der Waals surface area contributed by atoms with Gasteiger partial charge in [-0.25, -0.2) is 9.78 Å². The van der Waals surface area contributed by atoms with E-state index in [4.69, 9.17) is 16.3 Å². The molecular formula is C12H10ClNO3S2. The molecule has 0 saturated heterocycles. The second-order valence-corrected chi connectivity index (χ2v) is 6.05. The van der Waals surface area contributed by atoms with E-state index >= 15 is 0 Å². The van der Waals surface area contributed by atoms with Gasteiger partial charge in [0.2, 0.25) is 0 Å². The van der Waals surface area contributed by atoms with Crippen LogP contribution in [-0.4, -0.2) is 25.2 Å². The molecule has 0 fully saturated rings. The van der Waals surface area contributed by atoms with Gasteiger partial charge in [-0.05, 0) is 24.3 Å². The van der Waals surface area contributed by atoms with Crippen LogP contribution in [0.5, 0.6) is 5.75 Å². The van der Waals surface area contributed by atoms with Gasteiger partial charge in [-0.2, -0.15) is 0 Å². The van der Waals surface area contributed by atoms with Crippen LogP contribution in [0.4, 0.5) is 0 Å². The molecule has 0 bridgehead atoms. The number of esters is 1. The van der Waals surface area contributed by atoms with Crippen molar-refractivity contribution in [1.29, 1.82) is 0 Å². The van der Waals surface area contributed by atoms with E-state index in [-0.39, 0.29) is 5.15 Å². The molecule has 0 N–H and O–H groups in total. The predicted molar refractivity (Wildman–Crippen MR) is 75.6 cm³/mol. The average molecular weight is 316 g/mol. The first kappa shape index (κ1) is 14.2. The highest BCUT2D eigenvalue weighted by Gasteiger charge is 2.17. The van der Waals surface area contributed by atoms with Crippen molar-refractivity contribution in [3.63, 3.8) is 0 Å². The summed E-state index contributed by atoms with van der Waals surface area (Å²) < 4.78 is 10.4. The van der Waals surface area contributed by atoms with Gasteiger partial charge in [0.05, 0.1) is 14.2 Å². The summed E-state index contributed by atoms with van der Waals surface area (Å²) in [6.45, 7) is 0. The van der Waals surface area contributed by atoms with Gasteiger partial charge in [0, 0.05) is 4.90 Å². The molecule has 0 aliphatic rings. The Hall–Kier alpha value is -1.24. The summed E-state index contributed by atoms with van der Waals surface area (Å²) in [5, 5.41) is 0.174. The molecule has 1 heterocycles. The highest BCUT2D eigenvalue weighted by atomic mass is 35.5. The normalized spacial score (nSPS) is 10.3. The van der Waals surface area contributed by atoms with E-state index < -0.39 is 5.97 Å². The number of hydrogen-bond donors (Lipinski definition) is 0. The fourth-order valence-electron chi connectivity index (χ4n) is 1.29. The zero-order valence-corrected chi connectivity index (χ0v) is 12.6. The number of aromatic nitrogens is 1. The van der Waals surface area contributed by atoms with Crippen molar-refractivity contribution in [2.24, 2.45) is 0 Å². The molecule has 0 amide bonds. The number of carbonyl (C=O) groups excluding carboxylic acids is 1. The second kappa shape index (κ2) is 6.27. The topological polar surface area (TPSA) is 48.4 Å². The lowest BCUT2D eigenvalue weighted by Gasteiger charge is -2.00. The van der Waals surface area contributed by atoms with Crippen LogP contribution in [0.2, 0.25) is 5.15 Å². The number of methoxy groups -OCH3 is 2. The lowest BCUT2D eigenvalue weighted by molar-refractivity contribution is 0.0606. The molecule has 0 aliphatic carbocycles. The van der Waals surface area contributed by atoms with E-state index in [1.165, 1.54) is 30.2 Å². The van der Waals surface area contributed by atoms with Crippen LogP contribution in [0.3, 0.4) is 0 Å². The molecule has 2 rings (SSSR count). The Morgan fingerprint density at radius 2 is 2.00 bits per heavy atom. The molecule has 1 aromatic heterocycles. The van der Waals surface area contributed by atoms with Crippen molar-refractivity contribution in [2.75, 3.05) is 14.2 Å². The van der Waals surface area contributed by atoms with Crippen molar-refractivity contribution < 1.29 is 14.3 Å². The SMILES string of the molecule is COC(=O)c1sc(Sc2ccc(OC)cc2)nc1Cl. The van der Waals surface area contributed by atoms with E-state index in [1.807, 2.05) is 24.3 Å². The van der Waals surface area contributed by atoms with Crippen molar-refractivity contribution in [2.45, 2.75) is 9.24 Å². The van der Waals surface area contributed by atoms with E-state index in [0.29, 0.717) is 9.22 Å². The van der Waals surface area contributed by atoms with Crippen molar-refractivity contribution in [3.8, 4) is 5.75 Å². The van der Waals surface area contributed by atoms with Gasteiger partial charge in [-0.1, -0.05) is 34.7 Å². The summed E-state index contributed by atoms with van der Waals surface area (Å²) in [5.41, 5.74) is 0. The number of ether oxygens (including phenoxy) is 2. The molecule has 100 valence electrons. The second-order valence-electron chi connectivity index (χ2n) is 3.37. The molecule has 0 spiro atoms. The molecule has 2 aromatic rings. The molecule has 0 unspecified atom stereocenters. The summed E-state index contributed by atoms with van der Waals surface area (Å²) in [7, 11) is 2.93. The first-order chi connectivity index (χ1) is 9.13. The molecule has 7 heteroatoms. The first-order valence-electron chi connectivity index (χ1n) is 5.20. The van der Waals surface area contributed by atoms with Crippen LogP contribution in [0.15, 0.2) is 33.5 Å². The highest BCUT2D eigenvalue weighted by molar-refractivity contribution is 8.01. The number of rotatable bonds is 4. The van der Waals surface area contributed by atoms with Gasteiger partial charge in [0.1, 0.15) is 5.75 Å². The Kier molecular flexibility index (Phi) is 4.68. The third-order valence-corrected chi connectivity index (χ3v) is 4.69. The number of nitrogens with zero attached hydrogens (tertiary/aromatic N) is 1. The van der Waals surface area contributed by atoms with Gasteiger partial charge in [0.25, 0.3) is 0 Å². The maximum atomic E-state index is 11.4. The minimum absolute atomic E-state index is 0.174. The minimum Gasteiger partial charge on any atom is -0.497 e. The average Bonchev–Trinajstić information content (AvgIpc) is 2.79. The van der Waals surface area contributed by atoms with Crippen LogP contribution >= 0.6 is 34.7 Å². The van der Waals surface area contributed by atoms with Gasteiger partial charge in [-0.3, -0.25) is 0 Å². The molecule has 19 heavy (non-hydrogen) atoms. The molecule has 0 radical (unpaired) electrons. The maximum Gasteiger partial charge on any atom is 0.351 e. The van der Waals surface area contributed by atoms with E-state index in [2.05, 4.69) is 9.72 Å². The summed E-state index contributed by atoms with van der Waals surface area (Å²) in [5.74, 6) is 0.320. The van der Waals surface area contributed by atoms with Gasteiger partial charge >= 0.3 is 5.97 Å². The van der Waals surface area contributed by atoms with Gasteiger partial charge in [-0.15, -0.1) is 0 Å². The standard InChI is InChI=1S/C12H10ClNO3S2/c1-16-7-3-5-8(6-4-7)18-12-14-10(13)9(19-12)11(15)17-2/h3-6H,1-2H3. The maximum absolute atomic E-state index is 11.4. The van der Waals surface area contributed by atoms with Crippen LogP contribution < -0.4 is 4.74 Å². The third-order valence-electron chi connectivity index (χ3n) is 2.20.